The predicted molar refractivity (Wildman–Crippen MR) is 67.6 cm³/mol. The Bertz CT molecular complexity index is 537. The molecule has 2 atom stereocenters. The Morgan fingerprint density at radius 1 is 1.40 bits per heavy atom. The summed E-state index contributed by atoms with van der Waals surface area (Å²) >= 11 is 0. The molecule has 0 spiro atoms. The number of ether oxygens (including phenoxy) is 1. The molecule has 1 aliphatic rings. The molecule has 8 heteroatoms. The number of benzene rings is 1. The normalized spacial score (nSPS) is 21.9. The smallest absolute Gasteiger partial charge is 0.311 e. The van der Waals surface area contributed by atoms with Crippen LogP contribution >= 0.6 is 0 Å². The number of aliphatic hydroxyl groups excluding tert-OH is 2. The van der Waals surface area contributed by atoms with Crippen LogP contribution in [0.4, 0.5) is 5.69 Å². The van der Waals surface area contributed by atoms with E-state index in [1.807, 2.05) is 0 Å². The third-order valence-corrected chi connectivity index (χ3v) is 3.17. The predicted octanol–water partition coefficient (Wildman–Crippen LogP) is -0.219. The second-order valence-corrected chi connectivity index (χ2v) is 4.46. The van der Waals surface area contributed by atoms with Crippen LogP contribution in [-0.4, -0.2) is 58.4 Å². The van der Waals surface area contributed by atoms with Gasteiger partial charge in [0.15, 0.2) is 0 Å². The van der Waals surface area contributed by atoms with Crippen LogP contribution in [-0.2, 0) is 0 Å². The lowest BCUT2D eigenvalue weighted by atomic mass is 10.1. The van der Waals surface area contributed by atoms with Crippen molar-refractivity contribution in [1.29, 1.82) is 0 Å². The average Bonchev–Trinajstić information content (AvgIpc) is 2.76. The number of para-hydroxylation sites is 1. The maximum atomic E-state index is 12.3. The summed E-state index contributed by atoms with van der Waals surface area (Å²) in [5.74, 6) is -0.653. The highest BCUT2D eigenvalue weighted by Crippen LogP contribution is 2.32. The van der Waals surface area contributed by atoms with E-state index in [1.165, 1.54) is 30.2 Å². The van der Waals surface area contributed by atoms with Crippen molar-refractivity contribution in [3.05, 3.63) is 33.9 Å². The molecule has 2 N–H and O–H groups in total. The largest absolute Gasteiger partial charge is 0.490 e. The van der Waals surface area contributed by atoms with Gasteiger partial charge in [0, 0.05) is 19.2 Å². The Morgan fingerprint density at radius 2 is 2.00 bits per heavy atom. The van der Waals surface area contributed by atoms with E-state index >= 15 is 0 Å². The minimum atomic E-state index is -1.01. The van der Waals surface area contributed by atoms with Gasteiger partial charge in [-0.15, -0.1) is 0 Å². The van der Waals surface area contributed by atoms with E-state index in [2.05, 4.69) is 0 Å². The highest BCUT2D eigenvalue weighted by molar-refractivity contribution is 5.98. The molecular formula is C12H14N2O6. The van der Waals surface area contributed by atoms with E-state index in [4.69, 9.17) is 4.74 Å². The molecule has 1 aromatic carbocycles. The maximum Gasteiger partial charge on any atom is 0.311 e. The SMILES string of the molecule is COc1c(C(=O)N2C[C@@H](O)[C@@H](O)C2)cccc1[N+](=O)[O-]. The Balaban J connectivity index is 2.35. The number of nitrogens with zero attached hydrogens (tertiary/aromatic N) is 2. The summed E-state index contributed by atoms with van der Waals surface area (Å²) in [7, 11) is 1.24. The Morgan fingerprint density at radius 3 is 2.50 bits per heavy atom. The van der Waals surface area contributed by atoms with Crippen molar-refractivity contribution in [2.75, 3.05) is 20.2 Å². The summed E-state index contributed by atoms with van der Waals surface area (Å²) in [6.07, 6.45) is -2.02. The third-order valence-electron chi connectivity index (χ3n) is 3.17. The first-order valence-electron chi connectivity index (χ1n) is 5.92. The van der Waals surface area contributed by atoms with Crippen LogP contribution in [0.1, 0.15) is 10.4 Å². The fraction of sp³-hybridized carbons (Fsp3) is 0.417. The molecule has 0 radical (unpaired) electrons. The van der Waals surface area contributed by atoms with Gasteiger partial charge in [0.25, 0.3) is 5.91 Å². The monoisotopic (exact) mass is 282 g/mol. The molecule has 1 saturated heterocycles. The molecule has 0 saturated carbocycles. The van der Waals surface area contributed by atoms with Crippen LogP contribution < -0.4 is 4.74 Å². The van der Waals surface area contributed by atoms with Crippen LogP contribution in [0.5, 0.6) is 5.75 Å². The van der Waals surface area contributed by atoms with Gasteiger partial charge in [-0.3, -0.25) is 14.9 Å². The average molecular weight is 282 g/mol. The number of carbonyl (C=O) groups is 1. The van der Waals surface area contributed by atoms with E-state index < -0.39 is 23.0 Å². The van der Waals surface area contributed by atoms with E-state index in [1.54, 1.807) is 0 Å². The highest BCUT2D eigenvalue weighted by Gasteiger charge is 2.35. The lowest BCUT2D eigenvalue weighted by Gasteiger charge is -2.17. The first-order valence-corrected chi connectivity index (χ1v) is 5.92. The molecule has 0 aromatic heterocycles. The number of hydrogen-bond donors (Lipinski definition) is 2. The summed E-state index contributed by atoms with van der Waals surface area (Å²) in [5, 5.41) is 29.8. The molecular weight excluding hydrogens is 268 g/mol. The standard InChI is InChI=1S/C12H14N2O6/c1-20-11-7(3-2-4-8(11)14(18)19)12(17)13-5-9(15)10(16)6-13/h2-4,9-10,15-16H,5-6H2,1H3/t9-,10+. The summed E-state index contributed by atoms with van der Waals surface area (Å²) < 4.78 is 4.96. The number of amides is 1. The fourth-order valence-corrected chi connectivity index (χ4v) is 2.16. The number of nitro groups is 1. The molecule has 1 aliphatic heterocycles. The van der Waals surface area contributed by atoms with E-state index in [-0.39, 0.29) is 30.1 Å². The minimum Gasteiger partial charge on any atom is -0.490 e. The van der Waals surface area contributed by atoms with Crippen molar-refractivity contribution in [2.45, 2.75) is 12.2 Å². The van der Waals surface area contributed by atoms with Gasteiger partial charge in [0.2, 0.25) is 5.75 Å². The molecule has 108 valence electrons. The van der Waals surface area contributed by atoms with Gasteiger partial charge in [-0.05, 0) is 6.07 Å². The highest BCUT2D eigenvalue weighted by atomic mass is 16.6. The molecule has 8 nitrogen and oxygen atoms in total. The van der Waals surface area contributed by atoms with Crippen molar-refractivity contribution >= 4 is 11.6 Å². The van der Waals surface area contributed by atoms with Crippen LogP contribution in [0, 0.1) is 10.1 Å². The van der Waals surface area contributed by atoms with Crippen molar-refractivity contribution in [1.82, 2.24) is 4.90 Å². The summed E-state index contributed by atoms with van der Waals surface area (Å²) in [6, 6.07) is 4.03. The number of rotatable bonds is 3. The van der Waals surface area contributed by atoms with Crippen molar-refractivity contribution < 1.29 is 24.7 Å². The van der Waals surface area contributed by atoms with Gasteiger partial charge in [0.05, 0.1) is 29.8 Å². The first kappa shape index (κ1) is 14.2. The van der Waals surface area contributed by atoms with Crippen molar-refractivity contribution in [3.63, 3.8) is 0 Å². The molecule has 1 fully saturated rings. The van der Waals surface area contributed by atoms with Gasteiger partial charge in [-0.1, -0.05) is 6.07 Å². The zero-order chi connectivity index (χ0) is 14.9. The van der Waals surface area contributed by atoms with Crippen molar-refractivity contribution in [3.8, 4) is 5.75 Å². The number of aliphatic hydroxyl groups is 2. The summed E-state index contributed by atoms with van der Waals surface area (Å²) in [4.78, 5) is 23.8. The lowest BCUT2D eigenvalue weighted by Crippen LogP contribution is -2.30. The number of likely N-dealkylation sites (tertiary alicyclic amines) is 1. The molecule has 0 aliphatic carbocycles. The Hall–Kier alpha value is -2.19. The second kappa shape index (κ2) is 5.43. The van der Waals surface area contributed by atoms with Crippen LogP contribution in [0.2, 0.25) is 0 Å². The Labute approximate surface area is 114 Å². The number of carbonyl (C=O) groups excluding carboxylic acids is 1. The Kier molecular flexibility index (Phi) is 3.86. The molecule has 1 heterocycles. The zero-order valence-corrected chi connectivity index (χ0v) is 10.7. The van der Waals surface area contributed by atoms with Crippen LogP contribution in [0.15, 0.2) is 18.2 Å². The fourth-order valence-electron chi connectivity index (χ4n) is 2.16. The van der Waals surface area contributed by atoms with Crippen LogP contribution in [0.3, 0.4) is 0 Å². The van der Waals surface area contributed by atoms with E-state index in [0.29, 0.717) is 0 Å². The number of nitro benzene ring substituents is 1. The molecule has 1 aromatic rings. The van der Waals surface area contributed by atoms with Crippen molar-refractivity contribution in [2.24, 2.45) is 0 Å². The molecule has 2 rings (SSSR count). The topological polar surface area (TPSA) is 113 Å². The number of β-amino-alcohol motifs (C(OH)–C–C–N with tert-alkyl or cyclic N) is 2. The number of methoxy groups -OCH3 is 1. The van der Waals surface area contributed by atoms with Gasteiger partial charge in [0.1, 0.15) is 0 Å². The molecule has 1 amide bonds. The molecule has 0 unspecified atom stereocenters. The van der Waals surface area contributed by atoms with Crippen LogP contribution in [0.25, 0.3) is 0 Å². The maximum absolute atomic E-state index is 12.3. The van der Waals surface area contributed by atoms with Gasteiger partial charge in [-0.25, -0.2) is 0 Å². The quantitative estimate of drug-likeness (QED) is 0.585. The van der Waals surface area contributed by atoms with Gasteiger partial charge < -0.3 is 19.8 Å². The third kappa shape index (κ3) is 2.43. The van der Waals surface area contributed by atoms with E-state index in [0.717, 1.165) is 0 Å². The summed E-state index contributed by atoms with van der Waals surface area (Å²) in [6.45, 7) is -0.0440. The summed E-state index contributed by atoms with van der Waals surface area (Å²) in [5.41, 5.74) is -0.276. The van der Waals surface area contributed by atoms with Gasteiger partial charge in [-0.2, -0.15) is 0 Å². The second-order valence-electron chi connectivity index (χ2n) is 4.46. The zero-order valence-electron chi connectivity index (χ0n) is 10.7. The minimum absolute atomic E-state index is 0.0220. The van der Waals surface area contributed by atoms with Gasteiger partial charge >= 0.3 is 5.69 Å². The molecule has 20 heavy (non-hydrogen) atoms. The molecule has 0 bridgehead atoms. The number of hydrogen-bond acceptors (Lipinski definition) is 6. The lowest BCUT2D eigenvalue weighted by molar-refractivity contribution is -0.385. The first-order chi connectivity index (χ1) is 9.45. The van der Waals surface area contributed by atoms with E-state index in [9.17, 15) is 25.1 Å².